The first-order valence-corrected chi connectivity index (χ1v) is 8.03. The zero-order chi connectivity index (χ0) is 18.9. The Bertz CT molecular complexity index is 905. The average Bonchev–Trinajstić information content (AvgIpc) is 3.07. The van der Waals surface area contributed by atoms with Crippen LogP contribution >= 0.6 is 15.9 Å². The fourth-order valence-corrected chi connectivity index (χ4v) is 2.74. The van der Waals surface area contributed by atoms with Gasteiger partial charge in [0, 0.05) is 22.3 Å². The molecule has 1 unspecified atom stereocenters. The van der Waals surface area contributed by atoms with E-state index < -0.39 is 41.0 Å². The van der Waals surface area contributed by atoms with E-state index in [4.69, 9.17) is 0 Å². The van der Waals surface area contributed by atoms with Crippen LogP contribution in [0.3, 0.4) is 0 Å². The van der Waals surface area contributed by atoms with Crippen LogP contribution in [0.4, 0.5) is 17.6 Å². The molecule has 1 aromatic carbocycles. The molecule has 0 saturated heterocycles. The number of hydrogen-bond acceptors (Lipinski definition) is 4. The molecule has 0 spiro atoms. The molecule has 0 saturated carbocycles. The number of hydrogen-bond donors (Lipinski definition) is 1. The minimum Gasteiger partial charge on any atom is -0.377 e. The Balaban J connectivity index is 2.17. The Morgan fingerprint density at radius 2 is 1.92 bits per heavy atom. The van der Waals surface area contributed by atoms with Gasteiger partial charge in [0.1, 0.15) is 30.0 Å². The van der Waals surface area contributed by atoms with Crippen molar-refractivity contribution < 1.29 is 22.7 Å². The van der Waals surface area contributed by atoms with E-state index in [0.717, 1.165) is 41.7 Å². The molecule has 10 heteroatoms. The number of aliphatic hydroxyl groups is 1. The van der Waals surface area contributed by atoms with E-state index in [1.165, 1.54) is 6.07 Å². The molecular weight excluding hydrogens is 420 g/mol. The van der Waals surface area contributed by atoms with Gasteiger partial charge in [0.05, 0.1) is 6.54 Å². The second kappa shape index (κ2) is 6.76. The van der Waals surface area contributed by atoms with E-state index >= 15 is 8.78 Å². The van der Waals surface area contributed by atoms with Gasteiger partial charge >= 0.3 is 5.92 Å². The standard InChI is InChI=1S/C16H11BrF4N4O/c17-10-1-4-14(23-6-10)16(20,21)15(26,7-25-9-22-8-24-25)12-3-2-11(18)5-13(12)19/h1-6,8-9,26H,7H2. The monoisotopic (exact) mass is 430 g/mol. The normalized spacial score (nSPS) is 14.2. The van der Waals surface area contributed by atoms with Crippen LogP contribution in [0.25, 0.3) is 0 Å². The summed E-state index contributed by atoms with van der Waals surface area (Å²) in [6, 6.07) is 4.29. The maximum absolute atomic E-state index is 15.2. The lowest BCUT2D eigenvalue weighted by molar-refractivity contribution is -0.207. The summed E-state index contributed by atoms with van der Waals surface area (Å²) >= 11 is 3.08. The van der Waals surface area contributed by atoms with E-state index in [1.807, 2.05) is 0 Å². The van der Waals surface area contributed by atoms with Gasteiger partial charge in [0.25, 0.3) is 0 Å². The van der Waals surface area contributed by atoms with Crippen molar-refractivity contribution in [3.8, 4) is 0 Å². The predicted molar refractivity (Wildman–Crippen MR) is 86.1 cm³/mol. The van der Waals surface area contributed by atoms with E-state index in [2.05, 4.69) is 31.0 Å². The fourth-order valence-electron chi connectivity index (χ4n) is 2.50. The summed E-state index contributed by atoms with van der Waals surface area (Å²) in [6.45, 7) is -0.833. The Hall–Kier alpha value is -2.33. The Kier molecular flexibility index (Phi) is 4.80. The summed E-state index contributed by atoms with van der Waals surface area (Å²) in [5, 5.41) is 14.6. The van der Waals surface area contributed by atoms with Crippen LogP contribution in [-0.4, -0.2) is 24.9 Å². The largest absolute Gasteiger partial charge is 0.377 e. The number of alkyl halides is 2. The molecule has 1 atom stereocenters. The molecule has 0 aliphatic carbocycles. The number of pyridine rings is 1. The van der Waals surface area contributed by atoms with Gasteiger partial charge in [0.2, 0.25) is 0 Å². The first kappa shape index (κ1) is 18.5. The lowest BCUT2D eigenvalue weighted by atomic mass is 9.84. The Morgan fingerprint density at radius 1 is 1.15 bits per heavy atom. The summed E-state index contributed by atoms with van der Waals surface area (Å²) in [6.07, 6.45) is 3.30. The van der Waals surface area contributed by atoms with Crippen LogP contribution in [-0.2, 0) is 18.1 Å². The highest BCUT2D eigenvalue weighted by atomic mass is 79.9. The molecule has 1 N–H and O–H groups in total. The maximum atomic E-state index is 15.2. The number of aromatic nitrogens is 4. The van der Waals surface area contributed by atoms with Gasteiger partial charge in [-0.15, -0.1) is 0 Å². The third-order valence-electron chi connectivity index (χ3n) is 3.80. The van der Waals surface area contributed by atoms with Gasteiger partial charge in [-0.1, -0.05) is 0 Å². The SMILES string of the molecule is OC(Cn1cncn1)(c1ccc(F)cc1F)C(F)(F)c1ccc(Br)cn1. The highest BCUT2D eigenvalue weighted by molar-refractivity contribution is 9.10. The number of halogens is 5. The number of rotatable bonds is 5. The summed E-state index contributed by atoms with van der Waals surface area (Å²) in [5.41, 5.74) is -4.67. The van der Waals surface area contributed by atoms with Gasteiger partial charge < -0.3 is 5.11 Å². The molecule has 3 aromatic rings. The molecule has 0 aliphatic heterocycles. The molecule has 0 fully saturated rings. The molecule has 26 heavy (non-hydrogen) atoms. The van der Waals surface area contributed by atoms with E-state index in [0.29, 0.717) is 10.5 Å². The van der Waals surface area contributed by atoms with Crippen LogP contribution in [0.15, 0.2) is 53.7 Å². The molecule has 0 radical (unpaired) electrons. The molecule has 0 aliphatic rings. The third-order valence-corrected chi connectivity index (χ3v) is 4.27. The van der Waals surface area contributed by atoms with Gasteiger partial charge in [-0.2, -0.15) is 13.9 Å². The van der Waals surface area contributed by atoms with Crippen molar-refractivity contribution in [1.29, 1.82) is 0 Å². The lowest BCUT2D eigenvalue weighted by Crippen LogP contribution is -2.48. The molecule has 3 rings (SSSR count). The first-order chi connectivity index (χ1) is 12.2. The van der Waals surface area contributed by atoms with E-state index in [1.54, 1.807) is 0 Å². The van der Waals surface area contributed by atoms with Crippen molar-refractivity contribution >= 4 is 15.9 Å². The fraction of sp³-hybridized carbons (Fsp3) is 0.188. The summed E-state index contributed by atoms with van der Waals surface area (Å²) in [4.78, 5) is 7.24. The second-order valence-electron chi connectivity index (χ2n) is 5.51. The average molecular weight is 431 g/mol. The lowest BCUT2D eigenvalue weighted by Gasteiger charge is -2.35. The second-order valence-corrected chi connectivity index (χ2v) is 6.43. The van der Waals surface area contributed by atoms with Crippen molar-refractivity contribution in [1.82, 2.24) is 19.7 Å². The first-order valence-electron chi connectivity index (χ1n) is 7.24. The van der Waals surface area contributed by atoms with Gasteiger partial charge in [-0.05, 0) is 40.2 Å². The highest BCUT2D eigenvalue weighted by Gasteiger charge is 2.57. The molecular formula is C16H11BrF4N4O. The molecule has 5 nitrogen and oxygen atoms in total. The number of benzene rings is 1. The van der Waals surface area contributed by atoms with Crippen molar-refractivity contribution in [2.45, 2.75) is 18.1 Å². The van der Waals surface area contributed by atoms with Crippen molar-refractivity contribution in [2.75, 3.05) is 0 Å². The van der Waals surface area contributed by atoms with Crippen LogP contribution in [0.1, 0.15) is 11.3 Å². The molecule has 2 aromatic heterocycles. The van der Waals surface area contributed by atoms with Gasteiger partial charge in [-0.3, -0.25) is 4.98 Å². The summed E-state index contributed by atoms with van der Waals surface area (Å²) in [7, 11) is 0. The highest BCUT2D eigenvalue weighted by Crippen LogP contribution is 2.46. The predicted octanol–water partition coefficient (Wildman–Crippen LogP) is 3.39. The van der Waals surface area contributed by atoms with Gasteiger partial charge in [0.15, 0.2) is 5.60 Å². The maximum Gasteiger partial charge on any atom is 0.323 e. The minimum absolute atomic E-state index is 0.423. The summed E-state index contributed by atoms with van der Waals surface area (Å²) < 4.78 is 59.4. The number of nitrogens with zero attached hydrogens (tertiary/aromatic N) is 4. The third kappa shape index (κ3) is 3.21. The van der Waals surface area contributed by atoms with E-state index in [-0.39, 0.29) is 0 Å². The zero-order valence-electron chi connectivity index (χ0n) is 13.0. The molecule has 136 valence electrons. The van der Waals surface area contributed by atoms with Crippen LogP contribution in [0, 0.1) is 11.6 Å². The van der Waals surface area contributed by atoms with Crippen LogP contribution in [0.5, 0.6) is 0 Å². The van der Waals surface area contributed by atoms with Crippen molar-refractivity contribution in [3.63, 3.8) is 0 Å². The smallest absolute Gasteiger partial charge is 0.323 e. The molecule has 0 bridgehead atoms. The van der Waals surface area contributed by atoms with E-state index in [9.17, 15) is 13.9 Å². The summed E-state index contributed by atoms with van der Waals surface area (Å²) in [5.74, 6) is -6.30. The minimum atomic E-state index is -4.03. The van der Waals surface area contributed by atoms with Crippen LogP contribution in [0.2, 0.25) is 0 Å². The van der Waals surface area contributed by atoms with Gasteiger partial charge in [-0.25, -0.2) is 18.4 Å². The topological polar surface area (TPSA) is 63.8 Å². The molecule has 2 heterocycles. The zero-order valence-corrected chi connectivity index (χ0v) is 14.5. The van der Waals surface area contributed by atoms with Crippen molar-refractivity contribution in [2.24, 2.45) is 0 Å². The Labute approximate surface area is 153 Å². The quantitative estimate of drug-likeness (QED) is 0.630. The van der Waals surface area contributed by atoms with Crippen molar-refractivity contribution in [3.05, 3.63) is 76.5 Å². The van der Waals surface area contributed by atoms with Crippen LogP contribution < -0.4 is 0 Å². The molecule has 0 amide bonds. The Morgan fingerprint density at radius 3 is 2.50 bits per heavy atom.